The first-order valence-corrected chi connectivity index (χ1v) is 8.15. The van der Waals surface area contributed by atoms with Crippen molar-refractivity contribution in [3.63, 3.8) is 0 Å². The summed E-state index contributed by atoms with van der Waals surface area (Å²) < 4.78 is 0. The maximum atomic E-state index is 13.0. The largest absolute Gasteiger partial charge is 0.274 e. The van der Waals surface area contributed by atoms with Gasteiger partial charge in [0, 0.05) is 11.5 Å². The SMILES string of the molecule is O=C1C(C#CC2C=CC=C2)=C(C2C=CC=C2)C(=O)N1c1ccccc1. The second-order valence-electron chi connectivity index (χ2n) is 5.93. The summed E-state index contributed by atoms with van der Waals surface area (Å²) in [7, 11) is 0. The van der Waals surface area contributed by atoms with E-state index in [1.807, 2.05) is 66.8 Å². The van der Waals surface area contributed by atoms with Crippen LogP contribution in [0.3, 0.4) is 0 Å². The summed E-state index contributed by atoms with van der Waals surface area (Å²) in [5.41, 5.74) is 1.32. The Morgan fingerprint density at radius 2 is 1.44 bits per heavy atom. The van der Waals surface area contributed by atoms with E-state index in [2.05, 4.69) is 11.8 Å². The van der Waals surface area contributed by atoms with Gasteiger partial charge in [0.05, 0.1) is 17.2 Å². The molecule has 3 aliphatic rings. The van der Waals surface area contributed by atoms with Crippen LogP contribution in [0, 0.1) is 23.7 Å². The van der Waals surface area contributed by atoms with Crippen molar-refractivity contribution in [1.29, 1.82) is 0 Å². The van der Waals surface area contributed by atoms with Crippen LogP contribution in [0.15, 0.2) is 90.1 Å². The third-order valence-corrected chi connectivity index (χ3v) is 4.33. The van der Waals surface area contributed by atoms with E-state index < -0.39 is 0 Å². The predicted octanol–water partition coefficient (Wildman–Crippen LogP) is 3.34. The molecule has 0 radical (unpaired) electrons. The maximum absolute atomic E-state index is 13.0. The number of carbonyl (C=O) groups excluding carboxylic acids is 2. The topological polar surface area (TPSA) is 37.4 Å². The fourth-order valence-corrected chi connectivity index (χ4v) is 3.10. The highest BCUT2D eigenvalue weighted by Crippen LogP contribution is 2.33. The van der Waals surface area contributed by atoms with Crippen LogP contribution < -0.4 is 4.90 Å². The van der Waals surface area contributed by atoms with Gasteiger partial charge in [-0.05, 0) is 12.1 Å². The van der Waals surface area contributed by atoms with E-state index in [0.29, 0.717) is 16.8 Å². The van der Waals surface area contributed by atoms with Crippen LogP contribution >= 0.6 is 0 Å². The molecule has 1 heterocycles. The number of carbonyl (C=O) groups is 2. The van der Waals surface area contributed by atoms with E-state index >= 15 is 0 Å². The summed E-state index contributed by atoms with van der Waals surface area (Å²) in [6.45, 7) is 0. The highest BCUT2D eigenvalue weighted by atomic mass is 16.2. The molecule has 0 atom stereocenters. The van der Waals surface area contributed by atoms with Gasteiger partial charge in [-0.1, -0.05) is 78.6 Å². The second-order valence-corrected chi connectivity index (χ2v) is 5.93. The zero-order chi connectivity index (χ0) is 17.2. The zero-order valence-electron chi connectivity index (χ0n) is 13.4. The average molecular weight is 325 g/mol. The molecule has 2 aliphatic carbocycles. The molecule has 0 saturated carbocycles. The summed E-state index contributed by atoms with van der Waals surface area (Å²) >= 11 is 0. The molecule has 0 unspecified atom stereocenters. The molecule has 120 valence electrons. The van der Waals surface area contributed by atoms with Crippen molar-refractivity contribution < 1.29 is 9.59 Å². The molecular formula is C22H15NO2. The van der Waals surface area contributed by atoms with Crippen LogP contribution in [0.5, 0.6) is 0 Å². The molecule has 2 amide bonds. The fraction of sp³-hybridized carbons (Fsp3) is 0.0909. The second kappa shape index (κ2) is 6.26. The Labute approximate surface area is 146 Å². The van der Waals surface area contributed by atoms with Crippen molar-refractivity contribution in [3.8, 4) is 11.8 Å². The molecule has 0 spiro atoms. The zero-order valence-corrected chi connectivity index (χ0v) is 13.4. The lowest BCUT2D eigenvalue weighted by Gasteiger charge is -2.15. The third-order valence-electron chi connectivity index (χ3n) is 4.33. The molecule has 1 aliphatic heterocycles. The highest BCUT2D eigenvalue weighted by Gasteiger charge is 2.41. The van der Waals surface area contributed by atoms with E-state index in [9.17, 15) is 9.59 Å². The standard InChI is InChI=1S/C22H15NO2/c24-21-19(15-14-16-8-4-5-9-16)20(17-10-6-7-11-17)22(25)23(21)18-12-2-1-3-13-18/h1-13,16-17H. The van der Waals surface area contributed by atoms with Crippen LogP contribution in [0.4, 0.5) is 5.69 Å². The van der Waals surface area contributed by atoms with Crippen molar-refractivity contribution in [2.75, 3.05) is 4.90 Å². The van der Waals surface area contributed by atoms with E-state index in [1.165, 1.54) is 4.90 Å². The minimum Gasteiger partial charge on any atom is -0.268 e. The van der Waals surface area contributed by atoms with E-state index in [1.54, 1.807) is 12.1 Å². The molecule has 0 aromatic heterocycles. The van der Waals surface area contributed by atoms with Crippen molar-refractivity contribution in [3.05, 3.63) is 90.1 Å². The molecule has 25 heavy (non-hydrogen) atoms. The summed E-state index contributed by atoms with van der Waals surface area (Å²) in [6, 6.07) is 8.98. The lowest BCUT2D eigenvalue weighted by molar-refractivity contribution is -0.120. The van der Waals surface area contributed by atoms with Gasteiger partial charge in [-0.15, -0.1) is 0 Å². The number of benzene rings is 1. The molecule has 3 heteroatoms. The Kier molecular flexibility index (Phi) is 3.80. The van der Waals surface area contributed by atoms with Gasteiger partial charge < -0.3 is 0 Å². The van der Waals surface area contributed by atoms with E-state index in [0.717, 1.165) is 0 Å². The van der Waals surface area contributed by atoms with Gasteiger partial charge in [-0.25, -0.2) is 4.90 Å². The average Bonchev–Trinajstić information content (AvgIpc) is 3.36. The molecule has 0 fully saturated rings. The molecule has 1 aromatic rings. The molecule has 0 saturated heterocycles. The monoisotopic (exact) mass is 325 g/mol. The first-order chi connectivity index (χ1) is 12.3. The lowest BCUT2D eigenvalue weighted by atomic mass is 9.96. The Bertz CT molecular complexity index is 925. The fourth-order valence-electron chi connectivity index (χ4n) is 3.10. The van der Waals surface area contributed by atoms with E-state index in [4.69, 9.17) is 0 Å². The van der Waals surface area contributed by atoms with Crippen molar-refractivity contribution in [2.45, 2.75) is 0 Å². The Hall–Kier alpha value is -3.38. The van der Waals surface area contributed by atoms with E-state index in [-0.39, 0.29) is 23.7 Å². The number of nitrogens with zero attached hydrogens (tertiary/aromatic N) is 1. The summed E-state index contributed by atoms with van der Waals surface area (Å²) in [5.74, 6) is 5.19. The first-order valence-electron chi connectivity index (χ1n) is 8.15. The van der Waals surface area contributed by atoms with Gasteiger partial charge in [-0.3, -0.25) is 9.59 Å². The summed E-state index contributed by atoms with van der Waals surface area (Å²) in [6.07, 6.45) is 15.3. The summed E-state index contributed by atoms with van der Waals surface area (Å²) in [5, 5.41) is 0. The van der Waals surface area contributed by atoms with Crippen LogP contribution in [0.2, 0.25) is 0 Å². The van der Waals surface area contributed by atoms with Gasteiger partial charge in [0.2, 0.25) is 0 Å². The van der Waals surface area contributed by atoms with Gasteiger partial charge in [-0.2, -0.15) is 0 Å². The number of hydrogen-bond donors (Lipinski definition) is 0. The van der Waals surface area contributed by atoms with Crippen molar-refractivity contribution in [1.82, 2.24) is 0 Å². The highest BCUT2D eigenvalue weighted by molar-refractivity contribution is 6.34. The minimum absolute atomic E-state index is 0.0166. The molecule has 1 aromatic carbocycles. The normalized spacial score (nSPS) is 19.4. The van der Waals surface area contributed by atoms with Crippen molar-refractivity contribution in [2.24, 2.45) is 11.8 Å². The van der Waals surface area contributed by atoms with Gasteiger partial charge >= 0.3 is 0 Å². The molecule has 0 bridgehead atoms. The smallest absolute Gasteiger partial charge is 0.268 e. The number of amides is 2. The number of hydrogen-bond acceptors (Lipinski definition) is 2. The molecule has 3 nitrogen and oxygen atoms in total. The Morgan fingerprint density at radius 1 is 0.800 bits per heavy atom. The maximum Gasteiger partial charge on any atom is 0.274 e. The number of rotatable bonds is 2. The third kappa shape index (κ3) is 2.68. The number of allylic oxidation sites excluding steroid dienone is 8. The quantitative estimate of drug-likeness (QED) is 0.618. The molecule has 4 rings (SSSR count). The number of para-hydroxylation sites is 1. The molecular weight excluding hydrogens is 310 g/mol. The number of imide groups is 1. The minimum atomic E-state index is -0.349. The van der Waals surface area contributed by atoms with Crippen LogP contribution in [-0.4, -0.2) is 11.8 Å². The Morgan fingerprint density at radius 3 is 2.12 bits per heavy atom. The number of anilines is 1. The van der Waals surface area contributed by atoms with Crippen LogP contribution in [0.1, 0.15) is 0 Å². The summed E-state index contributed by atoms with van der Waals surface area (Å²) in [4.78, 5) is 27.2. The first kappa shape index (κ1) is 15.2. The van der Waals surface area contributed by atoms with Crippen molar-refractivity contribution >= 4 is 17.5 Å². The van der Waals surface area contributed by atoms with Crippen LogP contribution in [-0.2, 0) is 9.59 Å². The molecule has 0 N–H and O–H groups in total. The lowest BCUT2D eigenvalue weighted by Crippen LogP contribution is -2.32. The predicted molar refractivity (Wildman–Crippen MR) is 97.3 cm³/mol. The van der Waals surface area contributed by atoms with Crippen LogP contribution in [0.25, 0.3) is 0 Å². The van der Waals surface area contributed by atoms with Gasteiger partial charge in [0.25, 0.3) is 11.8 Å². The van der Waals surface area contributed by atoms with Gasteiger partial charge in [0.15, 0.2) is 0 Å². The van der Waals surface area contributed by atoms with Gasteiger partial charge in [0.1, 0.15) is 0 Å². The Balaban J connectivity index is 1.77.